The number of halogens is 6. The van der Waals surface area contributed by atoms with Gasteiger partial charge < -0.3 is 14.6 Å². The van der Waals surface area contributed by atoms with Crippen LogP contribution in [-0.2, 0) is 34.8 Å². The summed E-state index contributed by atoms with van der Waals surface area (Å²) in [5, 5.41) is 8.79. The largest absolute Gasteiger partial charge is 0.491 e. The van der Waals surface area contributed by atoms with E-state index in [1.807, 2.05) is 0 Å². The summed E-state index contributed by atoms with van der Waals surface area (Å²) >= 11 is 0. The summed E-state index contributed by atoms with van der Waals surface area (Å²) in [6.45, 7) is 0.380. The maximum absolute atomic E-state index is 13.4. The molecule has 0 aliphatic carbocycles. The van der Waals surface area contributed by atoms with Crippen LogP contribution in [0.1, 0.15) is 28.7 Å². The maximum Gasteiger partial charge on any atom is 0.416 e. The third kappa shape index (κ3) is 7.36. The summed E-state index contributed by atoms with van der Waals surface area (Å²) < 4.78 is 90.6. The Bertz CT molecular complexity index is 992. The Balaban J connectivity index is 1.64. The fraction of sp³-hybridized carbons (Fsp3) is 0.435. The Hall–Kier alpha value is -2.79. The molecule has 11 heteroatoms. The van der Waals surface area contributed by atoms with Crippen molar-refractivity contribution in [1.82, 2.24) is 4.90 Å². The Labute approximate surface area is 191 Å². The second kappa shape index (κ2) is 10.6. The van der Waals surface area contributed by atoms with Gasteiger partial charge in [0.15, 0.2) is 0 Å². The molecule has 0 aromatic heterocycles. The number of morpholine rings is 1. The maximum atomic E-state index is 13.4. The normalized spacial score (nSPS) is 17.5. The van der Waals surface area contributed by atoms with Crippen molar-refractivity contribution in [1.29, 1.82) is 0 Å². The van der Waals surface area contributed by atoms with E-state index in [2.05, 4.69) is 0 Å². The molecule has 2 aromatic rings. The van der Waals surface area contributed by atoms with Gasteiger partial charge in [0.2, 0.25) is 0 Å². The minimum absolute atomic E-state index is 0.0282. The standard InChI is InChI=1S/C23H23F6NO4/c24-22(25,26)17-5-6-20(23(27,28)29)16(11-17)12-30-8-9-33-19(13-30)14-34-18-3-1-2-15(10-18)4-7-21(31)32/h1-3,5-6,10-11,19H,4,7-9,12-14H2,(H,31,32). The number of carbonyl (C=O) groups is 1. The first-order valence-electron chi connectivity index (χ1n) is 10.5. The van der Waals surface area contributed by atoms with Gasteiger partial charge in [-0.15, -0.1) is 0 Å². The van der Waals surface area contributed by atoms with Gasteiger partial charge in [-0.3, -0.25) is 9.69 Å². The number of nitrogens with zero attached hydrogens (tertiary/aromatic N) is 1. The van der Waals surface area contributed by atoms with E-state index in [4.69, 9.17) is 14.6 Å². The molecule has 1 aliphatic rings. The van der Waals surface area contributed by atoms with Gasteiger partial charge in [-0.05, 0) is 47.9 Å². The summed E-state index contributed by atoms with van der Waals surface area (Å²) in [5.74, 6) is -0.433. The molecule has 34 heavy (non-hydrogen) atoms. The predicted octanol–water partition coefficient (Wildman–Crippen LogP) is 5.02. The predicted molar refractivity (Wildman–Crippen MR) is 109 cm³/mol. The number of hydrogen-bond donors (Lipinski definition) is 1. The highest BCUT2D eigenvalue weighted by molar-refractivity contribution is 5.67. The van der Waals surface area contributed by atoms with Crippen molar-refractivity contribution in [3.63, 3.8) is 0 Å². The number of benzene rings is 2. The van der Waals surface area contributed by atoms with E-state index in [1.165, 1.54) is 0 Å². The lowest BCUT2D eigenvalue weighted by atomic mass is 10.0. The second-order valence-corrected chi connectivity index (χ2v) is 7.95. The van der Waals surface area contributed by atoms with Crippen molar-refractivity contribution < 1.29 is 45.7 Å². The van der Waals surface area contributed by atoms with Crippen LogP contribution in [0.25, 0.3) is 0 Å². The third-order valence-corrected chi connectivity index (χ3v) is 5.32. The van der Waals surface area contributed by atoms with Crippen LogP contribution >= 0.6 is 0 Å². The van der Waals surface area contributed by atoms with Crippen molar-refractivity contribution in [2.75, 3.05) is 26.3 Å². The molecule has 1 saturated heterocycles. The van der Waals surface area contributed by atoms with Crippen LogP contribution < -0.4 is 4.74 Å². The van der Waals surface area contributed by atoms with Gasteiger partial charge in [-0.25, -0.2) is 0 Å². The van der Waals surface area contributed by atoms with E-state index in [0.717, 1.165) is 5.56 Å². The van der Waals surface area contributed by atoms with Gasteiger partial charge in [-0.2, -0.15) is 26.3 Å². The molecule has 186 valence electrons. The molecule has 3 rings (SSSR count). The lowest BCUT2D eigenvalue weighted by molar-refractivity contribution is -0.142. The number of carboxylic acid groups (broad SMARTS) is 1. The SMILES string of the molecule is O=C(O)CCc1cccc(OCC2CN(Cc3cc(C(F)(F)F)ccc3C(F)(F)F)CCO2)c1. The molecule has 0 saturated carbocycles. The Morgan fingerprint density at radius 3 is 2.53 bits per heavy atom. The van der Waals surface area contributed by atoms with E-state index in [-0.39, 0.29) is 39.3 Å². The average Bonchev–Trinajstić information content (AvgIpc) is 2.75. The molecule has 0 radical (unpaired) electrons. The molecule has 1 fully saturated rings. The van der Waals surface area contributed by atoms with Crippen molar-refractivity contribution in [3.8, 4) is 5.75 Å². The van der Waals surface area contributed by atoms with Gasteiger partial charge in [0, 0.05) is 26.1 Å². The highest BCUT2D eigenvalue weighted by Crippen LogP contribution is 2.37. The smallest absolute Gasteiger partial charge is 0.416 e. The van der Waals surface area contributed by atoms with Crippen LogP contribution in [0.15, 0.2) is 42.5 Å². The average molecular weight is 491 g/mol. The number of rotatable bonds is 8. The molecule has 2 aromatic carbocycles. The summed E-state index contributed by atoms with van der Waals surface area (Å²) in [6, 6.07) is 8.31. The summed E-state index contributed by atoms with van der Waals surface area (Å²) in [4.78, 5) is 12.3. The fourth-order valence-corrected chi connectivity index (χ4v) is 3.67. The quantitative estimate of drug-likeness (QED) is 0.526. The van der Waals surface area contributed by atoms with Gasteiger partial charge in [-0.1, -0.05) is 12.1 Å². The monoisotopic (exact) mass is 491 g/mol. The Kier molecular flexibility index (Phi) is 8.09. The summed E-state index contributed by atoms with van der Waals surface area (Å²) in [5.41, 5.74) is -1.91. The molecular weight excluding hydrogens is 468 g/mol. The number of aryl methyl sites for hydroxylation is 1. The Morgan fingerprint density at radius 1 is 1.09 bits per heavy atom. The van der Waals surface area contributed by atoms with Gasteiger partial charge >= 0.3 is 18.3 Å². The molecule has 1 heterocycles. The zero-order chi connectivity index (χ0) is 24.9. The second-order valence-electron chi connectivity index (χ2n) is 7.95. The molecule has 1 aliphatic heterocycles. The number of hydrogen-bond acceptors (Lipinski definition) is 4. The van der Waals surface area contributed by atoms with Crippen molar-refractivity contribution in [2.24, 2.45) is 0 Å². The van der Waals surface area contributed by atoms with Gasteiger partial charge in [0.25, 0.3) is 0 Å². The molecular formula is C23H23F6NO4. The summed E-state index contributed by atoms with van der Waals surface area (Å²) in [6.07, 6.45) is -9.73. The van der Waals surface area contributed by atoms with Crippen molar-refractivity contribution in [2.45, 2.75) is 37.8 Å². The highest BCUT2D eigenvalue weighted by Gasteiger charge is 2.37. The lowest BCUT2D eigenvalue weighted by Crippen LogP contribution is -2.44. The van der Waals surface area contributed by atoms with Crippen molar-refractivity contribution >= 4 is 5.97 Å². The number of aliphatic carboxylic acids is 1. The number of alkyl halides is 6. The fourth-order valence-electron chi connectivity index (χ4n) is 3.67. The topological polar surface area (TPSA) is 59.0 Å². The molecule has 1 atom stereocenters. The van der Waals surface area contributed by atoms with Crippen LogP contribution in [0.3, 0.4) is 0 Å². The molecule has 0 spiro atoms. The number of ether oxygens (including phenoxy) is 2. The first kappa shape index (κ1) is 25.8. The zero-order valence-corrected chi connectivity index (χ0v) is 18.0. The summed E-state index contributed by atoms with van der Waals surface area (Å²) in [7, 11) is 0. The van der Waals surface area contributed by atoms with E-state index < -0.39 is 41.1 Å². The molecule has 1 unspecified atom stereocenters. The van der Waals surface area contributed by atoms with Crippen LogP contribution in [0.5, 0.6) is 5.75 Å². The molecule has 0 bridgehead atoms. The van der Waals surface area contributed by atoms with Crippen molar-refractivity contribution in [3.05, 3.63) is 64.7 Å². The zero-order valence-electron chi connectivity index (χ0n) is 18.0. The number of carboxylic acids is 1. The van der Waals surface area contributed by atoms with E-state index >= 15 is 0 Å². The molecule has 1 N–H and O–H groups in total. The van der Waals surface area contributed by atoms with Crippen LogP contribution in [-0.4, -0.2) is 48.4 Å². The van der Waals surface area contributed by atoms with Crippen LogP contribution in [0.2, 0.25) is 0 Å². The minimum Gasteiger partial charge on any atom is -0.491 e. The van der Waals surface area contributed by atoms with E-state index in [0.29, 0.717) is 30.4 Å². The third-order valence-electron chi connectivity index (χ3n) is 5.32. The molecule has 5 nitrogen and oxygen atoms in total. The Morgan fingerprint density at radius 2 is 1.85 bits per heavy atom. The van der Waals surface area contributed by atoms with Crippen LogP contribution in [0, 0.1) is 0 Å². The minimum atomic E-state index is -4.78. The first-order chi connectivity index (χ1) is 15.9. The first-order valence-corrected chi connectivity index (χ1v) is 10.5. The van der Waals surface area contributed by atoms with Gasteiger partial charge in [0.05, 0.1) is 17.7 Å². The molecule has 0 amide bonds. The van der Waals surface area contributed by atoms with Gasteiger partial charge in [0.1, 0.15) is 18.5 Å². The lowest BCUT2D eigenvalue weighted by Gasteiger charge is -2.33. The van der Waals surface area contributed by atoms with Crippen LogP contribution in [0.4, 0.5) is 26.3 Å². The van der Waals surface area contributed by atoms with E-state index in [1.54, 1.807) is 29.2 Å². The van der Waals surface area contributed by atoms with E-state index in [9.17, 15) is 31.1 Å². The highest BCUT2D eigenvalue weighted by atomic mass is 19.4.